The van der Waals surface area contributed by atoms with E-state index in [4.69, 9.17) is 0 Å². The molecule has 0 spiro atoms. The summed E-state index contributed by atoms with van der Waals surface area (Å²) in [5.74, 6) is 0.462. The minimum atomic E-state index is -0.317. The summed E-state index contributed by atoms with van der Waals surface area (Å²) >= 11 is 1.36. The summed E-state index contributed by atoms with van der Waals surface area (Å²) in [5.41, 5.74) is 0.890. The predicted octanol–water partition coefficient (Wildman–Crippen LogP) is 2.31. The Hall–Kier alpha value is -2.09. The zero-order chi connectivity index (χ0) is 15.4. The molecule has 8 heteroatoms. The van der Waals surface area contributed by atoms with Crippen LogP contribution < -0.4 is 10.6 Å². The molecule has 7 nitrogen and oxygen atoms in total. The van der Waals surface area contributed by atoms with Gasteiger partial charge in [0.05, 0.1) is 11.9 Å². The van der Waals surface area contributed by atoms with Crippen molar-refractivity contribution >= 4 is 28.1 Å². The average Bonchev–Trinajstić information content (AvgIpc) is 2.94. The van der Waals surface area contributed by atoms with Crippen LogP contribution in [0, 0.1) is 0 Å². The Kier molecular flexibility index (Phi) is 4.79. The number of nitrogens with one attached hydrogen (secondary N) is 2. The molecule has 21 heavy (non-hydrogen) atoms. The van der Waals surface area contributed by atoms with E-state index in [0.29, 0.717) is 22.3 Å². The Balaban J connectivity index is 2.26. The number of amides is 1. The lowest BCUT2D eigenvalue weighted by molar-refractivity contribution is 0.102. The van der Waals surface area contributed by atoms with Crippen LogP contribution in [-0.4, -0.2) is 33.1 Å². The van der Waals surface area contributed by atoms with Gasteiger partial charge in [0.25, 0.3) is 5.91 Å². The Morgan fingerprint density at radius 3 is 2.71 bits per heavy atom. The first kappa shape index (κ1) is 15.3. The highest BCUT2D eigenvalue weighted by atomic mass is 32.1. The molecular formula is C13H18N6OS. The van der Waals surface area contributed by atoms with Crippen molar-refractivity contribution in [2.75, 3.05) is 17.7 Å². The van der Waals surface area contributed by atoms with Crippen molar-refractivity contribution in [2.45, 2.75) is 33.1 Å². The Bertz CT molecular complexity index is 639. The van der Waals surface area contributed by atoms with Gasteiger partial charge in [-0.15, -0.1) is 10.2 Å². The Labute approximate surface area is 127 Å². The molecule has 0 aliphatic carbocycles. The summed E-state index contributed by atoms with van der Waals surface area (Å²) in [6.07, 6.45) is 2.41. The zero-order valence-electron chi connectivity index (χ0n) is 12.5. The van der Waals surface area contributed by atoms with E-state index >= 15 is 0 Å². The number of aromatic nitrogens is 4. The number of carbonyl (C=O) groups excluding carboxylic acids is 1. The quantitative estimate of drug-likeness (QED) is 0.880. The van der Waals surface area contributed by atoms with Crippen LogP contribution in [0.1, 0.15) is 48.0 Å². The van der Waals surface area contributed by atoms with Gasteiger partial charge in [0.2, 0.25) is 5.13 Å². The van der Waals surface area contributed by atoms with Crippen molar-refractivity contribution in [3.05, 3.63) is 22.7 Å². The standard InChI is InChI=1S/C13H18N6OS/c1-5-9-18-19-13(21-9)17-12(20)10-8(14-4)6-15-11(16-10)7(2)3/h6-7,14H,5H2,1-4H3,(H,17,19,20). The van der Waals surface area contributed by atoms with Crippen LogP contribution in [0.25, 0.3) is 0 Å². The number of nitrogens with zero attached hydrogens (tertiary/aromatic N) is 4. The van der Waals surface area contributed by atoms with E-state index in [1.807, 2.05) is 20.8 Å². The monoisotopic (exact) mass is 306 g/mol. The lowest BCUT2D eigenvalue weighted by atomic mass is 10.2. The summed E-state index contributed by atoms with van der Waals surface area (Å²) in [7, 11) is 1.73. The van der Waals surface area contributed by atoms with Crippen molar-refractivity contribution in [2.24, 2.45) is 0 Å². The number of rotatable bonds is 5. The molecule has 0 unspecified atom stereocenters. The molecule has 0 atom stereocenters. The van der Waals surface area contributed by atoms with Crippen LogP contribution in [0.15, 0.2) is 6.20 Å². The molecule has 0 bridgehead atoms. The van der Waals surface area contributed by atoms with Gasteiger partial charge in [-0.05, 0) is 6.42 Å². The Morgan fingerprint density at radius 1 is 1.38 bits per heavy atom. The molecule has 112 valence electrons. The van der Waals surface area contributed by atoms with E-state index < -0.39 is 0 Å². The van der Waals surface area contributed by atoms with Gasteiger partial charge in [-0.2, -0.15) is 0 Å². The molecule has 0 aromatic carbocycles. The molecule has 2 rings (SSSR count). The highest BCUT2D eigenvalue weighted by molar-refractivity contribution is 7.15. The van der Waals surface area contributed by atoms with Crippen LogP contribution in [0.3, 0.4) is 0 Å². The minimum absolute atomic E-state index is 0.149. The molecular weight excluding hydrogens is 288 g/mol. The lowest BCUT2D eigenvalue weighted by Gasteiger charge is -2.10. The molecule has 0 fully saturated rings. The normalized spacial score (nSPS) is 10.7. The number of carbonyl (C=O) groups is 1. The molecule has 0 aliphatic heterocycles. The van der Waals surface area contributed by atoms with Gasteiger partial charge >= 0.3 is 0 Å². The van der Waals surface area contributed by atoms with Gasteiger partial charge in [-0.1, -0.05) is 32.1 Å². The van der Waals surface area contributed by atoms with Crippen molar-refractivity contribution in [3.63, 3.8) is 0 Å². The maximum absolute atomic E-state index is 12.4. The maximum atomic E-state index is 12.4. The third kappa shape index (κ3) is 3.52. The van der Waals surface area contributed by atoms with E-state index in [0.717, 1.165) is 11.4 Å². The number of hydrogen-bond donors (Lipinski definition) is 2. The molecule has 0 saturated heterocycles. The maximum Gasteiger partial charge on any atom is 0.278 e. The fourth-order valence-electron chi connectivity index (χ4n) is 1.63. The fraction of sp³-hybridized carbons (Fsp3) is 0.462. The van der Waals surface area contributed by atoms with Gasteiger partial charge in [0.15, 0.2) is 5.69 Å². The first-order chi connectivity index (χ1) is 10.0. The van der Waals surface area contributed by atoms with Crippen LogP contribution >= 0.6 is 11.3 Å². The highest BCUT2D eigenvalue weighted by Crippen LogP contribution is 2.19. The first-order valence-corrected chi connectivity index (χ1v) is 7.55. The molecule has 2 aromatic heterocycles. The molecule has 2 N–H and O–H groups in total. The molecule has 1 amide bonds. The molecule has 2 heterocycles. The lowest BCUT2D eigenvalue weighted by Crippen LogP contribution is -2.17. The number of hydrogen-bond acceptors (Lipinski definition) is 7. The number of aryl methyl sites for hydroxylation is 1. The summed E-state index contributed by atoms with van der Waals surface area (Å²) in [4.78, 5) is 20.9. The Morgan fingerprint density at radius 2 is 2.14 bits per heavy atom. The third-order valence-electron chi connectivity index (χ3n) is 2.80. The van der Waals surface area contributed by atoms with Crippen molar-refractivity contribution in [3.8, 4) is 0 Å². The summed E-state index contributed by atoms with van der Waals surface area (Å²) in [6.45, 7) is 5.95. The van der Waals surface area contributed by atoms with E-state index in [9.17, 15) is 4.79 Å². The number of anilines is 2. The van der Waals surface area contributed by atoms with Crippen molar-refractivity contribution < 1.29 is 4.79 Å². The minimum Gasteiger partial charge on any atom is -0.385 e. The third-order valence-corrected chi connectivity index (χ3v) is 3.78. The first-order valence-electron chi connectivity index (χ1n) is 6.73. The van der Waals surface area contributed by atoms with Crippen molar-refractivity contribution in [1.29, 1.82) is 0 Å². The predicted molar refractivity (Wildman–Crippen MR) is 82.9 cm³/mol. The largest absolute Gasteiger partial charge is 0.385 e. The topological polar surface area (TPSA) is 92.7 Å². The van der Waals surface area contributed by atoms with Crippen molar-refractivity contribution in [1.82, 2.24) is 20.2 Å². The summed E-state index contributed by atoms with van der Waals surface area (Å²) < 4.78 is 0. The van der Waals surface area contributed by atoms with E-state index in [-0.39, 0.29) is 11.8 Å². The van der Waals surface area contributed by atoms with Gasteiger partial charge in [-0.3, -0.25) is 10.1 Å². The zero-order valence-corrected chi connectivity index (χ0v) is 13.3. The average molecular weight is 306 g/mol. The molecule has 2 aromatic rings. The smallest absolute Gasteiger partial charge is 0.278 e. The fourth-order valence-corrected chi connectivity index (χ4v) is 2.31. The van der Waals surface area contributed by atoms with E-state index in [1.54, 1.807) is 13.2 Å². The van der Waals surface area contributed by atoms with Crippen LogP contribution in [0.5, 0.6) is 0 Å². The second-order valence-electron chi connectivity index (χ2n) is 4.70. The van der Waals surface area contributed by atoms with E-state index in [2.05, 4.69) is 30.8 Å². The summed E-state index contributed by atoms with van der Waals surface area (Å²) in [5, 5.41) is 14.9. The van der Waals surface area contributed by atoms with Gasteiger partial charge in [0.1, 0.15) is 10.8 Å². The molecule has 0 saturated carbocycles. The van der Waals surface area contributed by atoms with Crippen LogP contribution in [0.2, 0.25) is 0 Å². The van der Waals surface area contributed by atoms with Gasteiger partial charge in [0, 0.05) is 13.0 Å². The second-order valence-corrected chi connectivity index (χ2v) is 5.77. The van der Waals surface area contributed by atoms with Gasteiger partial charge < -0.3 is 5.32 Å². The SMILES string of the molecule is CCc1nnc(NC(=O)c2nc(C(C)C)ncc2NC)s1. The molecule has 0 aliphatic rings. The molecule has 0 radical (unpaired) electrons. The summed E-state index contributed by atoms with van der Waals surface area (Å²) in [6, 6.07) is 0. The second kappa shape index (κ2) is 6.57. The highest BCUT2D eigenvalue weighted by Gasteiger charge is 2.17. The van der Waals surface area contributed by atoms with Crippen LogP contribution in [0.4, 0.5) is 10.8 Å². The van der Waals surface area contributed by atoms with E-state index in [1.165, 1.54) is 11.3 Å². The van der Waals surface area contributed by atoms with Crippen LogP contribution in [-0.2, 0) is 6.42 Å². The van der Waals surface area contributed by atoms with Gasteiger partial charge in [-0.25, -0.2) is 9.97 Å².